The van der Waals surface area contributed by atoms with E-state index in [2.05, 4.69) is 0 Å². The van der Waals surface area contributed by atoms with Crippen molar-refractivity contribution in [2.75, 3.05) is 14.2 Å². The topological polar surface area (TPSA) is 38.7 Å². The van der Waals surface area contributed by atoms with Crippen molar-refractivity contribution >= 4 is 0 Å². The molecular formula is C17H17F3O3. The van der Waals surface area contributed by atoms with Gasteiger partial charge in [-0.1, -0.05) is 29.8 Å². The van der Waals surface area contributed by atoms with Gasteiger partial charge in [-0.2, -0.15) is 13.2 Å². The molecule has 0 radical (unpaired) electrons. The second kappa shape index (κ2) is 6.50. The van der Waals surface area contributed by atoms with Crippen LogP contribution < -0.4 is 9.47 Å². The summed E-state index contributed by atoms with van der Waals surface area (Å²) >= 11 is 0. The minimum atomic E-state index is -4.62. The molecule has 0 aliphatic rings. The van der Waals surface area contributed by atoms with E-state index in [1.165, 1.54) is 13.2 Å². The van der Waals surface area contributed by atoms with E-state index >= 15 is 0 Å². The summed E-state index contributed by atoms with van der Waals surface area (Å²) in [5.41, 5.74) is 0.583. The Labute approximate surface area is 132 Å². The highest BCUT2D eigenvalue weighted by atomic mass is 19.4. The van der Waals surface area contributed by atoms with Gasteiger partial charge in [-0.3, -0.25) is 0 Å². The van der Waals surface area contributed by atoms with Gasteiger partial charge in [-0.05, 0) is 30.2 Å². The lowest BCUT2D eigenvalue weighted by Crippen LogP contribution is -2.11. The molecule has 3 nitrogen and oxygen atoms in total. The number of aliphatic hydroxyl groups is 1. The number of hydrogen-bond acceptors (Lipinski definition) is 3. The summed E-state index contributed by atoms with van der Waals surface area (Å²) in [5, 5.41) is 10.4. The van der Waals surface area contributed by atoms with Gasteiger partial charge in [0, 0.05) is 0 Å². The third kappa shape index (κ3) is 3.59. The van der Waals surface area contributed by atoms with Gasteiger partial charge >= 0.3 is 6.18 Å². The quantitative estimate of drug-likeness (QED) is 0.919. The largest absolute Gasteiger partial charge is 0.493 e. The first kappa shape index (κ1) is 17.1. The zero-order chi connectivity index (χ0) is 17.2. The lowest BCUT2D eigenvalue weighted by atomic mass is 9.97. The molecule has 2 rings (SSSR count). The number of aliphatic hydroxyl groups excluding tert-OH is 1. The van der Waals surface area contributed by atoms with E-state index < -0.39 is 23.6 Å². The SMILES string of the molecule is COc1cc(C(O)c2ccc(C)cc2)cc(C(F)(F)F)c1OC. The Balaban J connectivity index is 2.56. The van der Waals surface area contributed by atoms with Crippen molar-refractivity contribution in [3.05, 3.63) is 58.7 Å². The van der Waals surface area contributed by atoms with Crippen LogP contribution in [0, 0.1) is 6.92 Å². The molecule has 0 bridgehead atoms. The summed E-state index contributed by atoms with van der Waals surface area (Å²) < 4.78 is 49.5. The molecule has 23 heavy (non-hydrogen) atoms. The lowest BCUT2D eigenvalue weighted by Gasteiger charge is -2.19. The van der Waals surface area contributed by atoms with Crippen LogP contribution >= 0.6 is 0 Å². The van der Waals surface area contributed by atoms with Gasteiger partial charge in [0.1, 0.15) is 11.7 Å². The smallest absolute Gasteiger partial charge is 0.420 e. The molecule has 0 saturated carbocycles. The van der Waals surface area contributed by atoms with Crippen LogP contribution in [0.3, 0.4) is 0 Å². The molecule has 1 atom stereocenters. The second-order valence-electron chi connectivity index (χ2n) is 5.11. The maximum atomic E-state index is 13.2. The van der Waals surface area contributed by atoms with Crippen LogP contribution in [0.25, 0.3) is 0 Å². The van der Waals surface area contributed by atoms with Gasteiger partial charge in [0.15, 0.2) is 11.5 Å². The summed E-state index contributed by atoms with van der Waals surface area (Å²) in [5.74, 6) is -0.483. The van der Waals surface area contributed by atoms with E-state index in [-0.39, 0.29) is 11.3 Å². The van der Waals surface area contributed by atoms with E-state index in [1.807, 2.05) is 6.92 Å². The van der Waals surface area contributed by atoms with E-state index in [0.29, 0.717) is 5.56 Å². The Hall–Kier alpha value is -2.21. The lowest BCUT2D eigenvalue weighted by molar-refractivity contribution is -0.139. The zero-order valence-electron chi connectivity index (χ0n) is 12.9. The Morgan fingerprint density at radius 3 is 2.04 bits per heavy atom. The molecule has 0 aliphatic heterocycles. The maximum absolute atomic E-state index is 13.2. The van der Waals surface area contributed by atoms with Crippen molar-refractivity contribution in [1.29, 1.82) is 0 Å². The summed E-state index contributed by atoms with van der Waals surface area (Å²) in [6.45, 7) is 1.88. The van der Waals surface area contributed by atoms with Crippen LogP contribution in [-0.4, -0.2) is 19.3 Å². The van der Waals surface area contributed by atoms with Crippen molar-refractivity contribution in [2.24, 2.45) is 0 Å². The molecule has 0 aromatic heterocycles. The van der Waals surface area contributed by atoms with E-state index in [4.69, 9.17) is 9.47 Å². The molecule has 1 unspecified atom stereocenters. The van der Waals surface area contributed by atoms with E-state index in [1.54, 1.807) is 24.3 Å². The van der Waals surface area contributed by atoms with Gasteiger partial charge in [0.05, 0.1) is 14.2 Å². The van der Waals surface area contributed by atoms with Crippen molar-refractivity contribution in [2.45, 2.75) is 19.2 Å². The number of benzene rings is 2. The highest BCUT2D eigenvalue weighted by Crippen LogP contribution is 2.44. The molecule has 6 heteroatoms. The van der Waals surface area contributed by atoms with Crippen molar-refractivity contribution < 1.29 is 27.8 Å². The molecule has 0 aliphatic carbocycles. The maximum Gasteiger partial charge on any atom is 0.420 e. The highest BCUT2D eigenvalue weighted by Gasteiger charge is 2.37. The number of aryl methyl sites for hydroxylation is 1. The molecule has 124 valence electrons. The molecular weight excluding hydrogens is 309 g/mol. The molecule has 0 amide bonds. The summed E-state index contributed by atoms with van der Waals surface area (Å²) in [7, 11) is 2.39. The second-order valence-corrected chi connectivity index (χ2v) is 5.11. The first-order valence-corrected chi connectivity index (χ1v) is 6.85. The average Bonchev–Trinajstić information content (AvgIpc) is 2.52. The number of halogens is 3. The van der Waals surface area contributed by atoms with Crippen LogP contribution in [0.4, 0.5) is 13.2 Å². The van der Waals surface area contributed by atoms with Crippen LogP contribution in [-0.2, 0) is 6.18 Å². The Bertz CT molecular complexity index is 679. The van der Waals surface area contributed by atoms with Crippen LogP contribution in [0.5, 0.6) is 11.5 Å². The minimum Gasteiger partial charge on any atom is -0.493 e. The van der Waals surface area contributed by atoms with Crippen molar-refractivity contribution in [1.82, 2.24) is 0 Å². The number of alkyl halides is 3. The third-order valence-electron chi connectivity index (χ3n) is 3.52. The Morgan fingerprint density at radius 1 is 0.957 bits per heavy atom. The number of ether oxygens (including phenoxy) is 2. The fourth-order valence-electron chi connectivity index (χ4n) is 2.30. The number of hydrogen-bond donors (Lipinski definition) is 1. The molecule has 0 spiro atoms. The molecule has 0 heterocycles. The Kier molecular flexibility index (Phi) is 4.85. The molecule has 2 aromatic carbocycles. The van der Waals surface area contributed by atoms with Gasteiger partial charge in [0.25, 0.3) is 0 Å². The summed E-state index contributed by atoms with van der Waals surface area (Å²) in [6.07, 6.45) is -5.82. The van der Waals surface area contributed by atoms with Gasteiger partial charge in [0.2, 0.25) is 0 Å². The number of methoxy groups -OCH3 is 2. The van der Waals surface area contributed by atoms with Crippen molar-refractivity contribution in [3.63, 3.8) is 0 Å². The van der Waals surface area contributed by atoms with Gasteiger partial charge in [-0.25, -0.2) is 0 Å². The predicted octanol–water partition coefficient (Wildman–Crippen LogP) is 4.11. The first-order valence-electron chi connectivity index (χ1n) is 6.85. The third-order valence-corrected chi connectivity index (χ3v) is 3.52. The van der Waals surface area contributed by atoms with E-state index in [0.717, 1.165) is 18.7 Å². The van der Waals surface area contributed by atoms with Crippen LogP contribution in [0.1, 0.15) is 28.4 Å². The van der Waals surface area contributed by atoms with Gasteiger partial charge in [-0.15, -0.1) is 0 Å². The normalized spacial score (nSPS) is 12.8. The van der Waals surface area contributed by atoms with E-state index in [9.17, 15) is 18.3 Å². The monoisotopic (exact) mass is 326 g/mol. The van der Waals surface area contributed by atoms with Crippen LogP contribution in [0.2, 0.25) is 0 Å². The number of rotatable bonds is 4. The van der Waals surface area contributed by atoms with Crippen LogP contribution in [0.15, 0.2) is 36.4 Å². The molecule has 0 saturated heterocycles. The molecule has 2 aromatic rings. The molecule has 1 N–H and O–H groups in total. The fourth-order valence-corrected chi connectivity index (χ4v) is 2.30. The predicted molar refractivity (Wildman–Crippen MR) is 79.8 cm³/mol. The standard InChI is InChI=1S/C17H17F3O3/c1-10-4-6-11(7-5-10)15(21)12-8-13(17(18,19)20)16(23-3)14(9-12)22-2/h4-9,15,21H,1-3H3. The van der Waals surface area contributed by atoms with Gasteiger partial charge < -0.3 is 14.6 Å². The Morgan fingerprint density at radius 2 is 1.57 bits per heavy atom. The minimum absolute atomic E-state index is 0.0801. The zero-order valence-corrected chi connectivity index (χ0v) is 12.9. The fraction of sp³-hybridized carbons (Fsp3) is 0.294. The summed E-state index contributed by atoms with van der Waals surface area (Å²) in [4.78, 5) is 0. The molecule has 0 fully saturated rings. The first-order chi connectivity index (χ1) is 10.8. The summed E-state index contributed by atoms with van der Waals surface area (Å²) in [6, 6.07) is 9.13. The average molecular weight is 326 g/mol. The van der Waals surface area contributed by atoms with Crippen molar-refractivity contribution in [3.8, 4) is 11.5 Å². The highest BCUT2D eigenvalue weighted by molar-refractivity contribution is 5.52.